The molecule has 1 saturated heterocycles. The van der Waals surface area contributed by atoms with E-state index in [0.29, 0.717) is 12.1 Å². The van der Waals surface area contributed by atoms with Crippen molar-refractivity contribution in [2.24, 2.45) is 11.5 Å². The zero-order chi connectivity index (χ0) is 14.3. The molecule has 0 aliphatic carbocycles. The van der Waals surface area contributed by atoms with E-state index < -0.39 is 5.91 Å². The summed E-state index contributed by atoms with van der Waals surface area (Å²) in [4.78, 5) is 17.0. The lowest BCUT2D eigenvalue weighted by Gasteiger charge is -2.41. The lowest BCUT2D eigenvalue weighted by molar-refractivity contribution is 0.0993. The third kappa shape index (κ3) is 2.28. The molecular weight excluding hydrogens is 278 g/mol. The molecule has 3 heterocycles. The first-order valence-corrected chi connectivity index (χ1v) is 7.40. The van der Waals surface area contributed by atoms with Crippen molar-refractivity contribution < 1.29 is 4.79 Å². The molecule has 2 aliphatic rings. The molecule has 0 radical (unpaired) electrons. The van der Waals surface area contributed by atoms with Crippen LogP contribution >= 0.6 is 11.6 Å². The Morgan fingerprint density at radius 2 is 2.30 bits per heavy atom. The number of alkyl halides is 1. The Kier molecular flexibility index (Phi) is 3.62. The summed E-state index contributed by atoms with van der Waals surface area (Å²) in [7, 11) is 0. The summed E-state index contributed by atoms with van der Waals surface area (Å²) in [5.74, 6) is 0.418. The third-order valence-electron chi connectivity index (χ3n) is 4.18. The number of piperidine rings is 1. The molecule has 1 amide bonds. The molecule has 6 N–H and O–H groups in total. The molecule has 3 atom stereocenters. The summed E-state index contributed by atoms with van der Waals surface area (Å²) < 4.78 is 0. The first kappa shape index (κ1) is 13.7. The Balaban J connectivity index is 1.98. The van der Waals surface area contributed by atoms with Crippen LogP contribution in [0.25, 0.3) is 0 Å². The lowest BCUT2D eigenvalue weighted by Crippen LogP contribution is -2.49. The summed E-state index contributed by atoms with van der Waals surface area (Å²) in [6, 6.07) is 0.148. The van der Waals surface area contributed by atoms with Gasteiger partial charge in [-0.2, -0.15) is 0 Å². The Hall–Kier alpha value is -1.24. The summed E-state index contributed by atoms with van der Waals surface area (Å²) in [5.41, 5.74) is 12.9. The van der Waals surface area contributed by atoms with Gasteiger partial charge in [0.2, 0.25) is 0 Å². The van der Waals surface area contributed by atoms with Crippen molar-refractivity contribution in [1.82, 2.24) is 9.88 Å². The number of nitrogens with two attached hydrogens (primary N) is 2. The molecule has 1 fully saturated rings. The molecule has 7 heteroatoms. The summed E-state index contributed by atoms with van der Waals surface area (Å²) in [6.45, 7) is 2.41. The van der Waals surface area contributed by atoms with Crippen LogP contribution < -0.4 is 16.8 Å². The minimum absolute atomic E-state index is 0.0204. The number of nitrogens with zero attached hydrogens (tertiary/aromatic N) is 1. The third-order valence-corrected chi connectivity index (χ3v) is 4.57. The predicted molar refractivity (Wildman–Crippen MR) is 79.0 cm³/mol. The number of carbonyl (C=O) groups excluding carboxylic acids is 1. The molecule has 6 nitrogen and oxygen atoms in total. The number of halogens is 1. The number of primary amides is 1. The first-order valence-electron chi connectivity index (χ1n) is 6.96. The molecule has 3 rings (SSSR count). The van der Waals surface area contributed by atoms with Crippen LogP contribution in [0.4, 0.5) is 5.82 Å². The van der Waals surface area contributed by atoms with Gasteiger partial charge in [-0.3, -0.25) is 9.69 Å². The molecule has 2 unspecified atom stereocenters. The van der Waals surface area contributed by atoms with Crippen molar-refractivity contribution in [3.8, 4) is 0 Å². The highest BCUT2D eigenvalue weighted by molar-refractivity contribution is 6.21. The zero-order valence-corrected chi connectivity index (χ0v) is 12.0. The Bertz CT molecular complexity index is 517. The molecule has 0 aromatic carbocycles. The zero-order valence-electron chi connectivity index (χ0n) is 11.2. The van der Waals surface area contributed by atoms with Gasteiger partial charge in [0.1, 0.15) is 5.82 Å². The van der Waals surface area contributed by atoms with Crippen LogP contribution in [0.2, 0.25) is 0 Å². The molecule has 0 spiro atoms. The number of aromatic amines is 1. The smallest absolute Gasteiger partial charge is 0.250 e. The number of hydrogen-bond donors (Lipinski definition) is 4. The highest BCUT2D eigenvalue weighted by Gasteiger charge is 2.38. The van der Waals surface area contributed by atoms with Crippen LogP contribution in [0.5, 0.6) is 0 Å². The monoisotopic (exact) mass is 297 g/mol. The molecule has 1 aromatic rings. The maximum absolute atomic E-state index is 11.6. The lowest BCUT2D eigenvalue weighted by atomic mass is 9.93. The maximum atomic E-state index is 11.6. The second-order valence-corrected chi connectivity index (χ2v) is 6.15. The van der Waals surface area contributed by atoms with Crippen molar-refractivity contribution in [3.63, 3.8) is 0 Å². The van der Waals surface area contributed by atoms with Crippen molar-refractivity contribution in [3.05, 3.63) is 17.3 Å². The summed E-state index contributed by atoms with van der Waals surface area (Å²) >= 11 is 6.51. The minimum Gasteiger partial charge on any atom is -0.370 e. The van der Waals surface area contributed by atoms with Gasteiger partial charge in [0, 0.05) is 30.9 Å². The van der Waals surface area contributed by atoms with Crippen LogP contribution in [0, 0.1) is 0 Å². The van der Waals surface area contributed by atoms with Gasteiger partial charge < -0.3 is 21.8 Å². The number of rotatable bonds is 2. The fraction of sp³-hybridized carbons (Fsp3) is 0.615. The SMILES string of the molecule is NC(=O)c1c[nH]c2c1C(N1CCC[C@@H](N)C1)C(Cl)CN2. The normalized spacial score (nSPS) is 30.6. The standard InChI is InChI=1S/C13H20ClN5O/c14-9-5-18-13-10(8(4-17-13)12(16)20)11(9)19-3-1-2-7(15)6-19/h4,7,9,11,17-18H,1-3,5-6,15H2,(H2,16,20)/t7-,9?,11?/m1/s1. The van der Waals surface area contributed by atoms with E-state index in [9.17, 15) is 4.79 Å². The van der Waals surface area contributed by atoms with Gasteiger partial charge >= 0.3 is 0 Å². The van der Waals surface area contributed by atoms with E-state index in [2.05, 4.69) is 15.2 Å². The van der Waals surface area contributed by atoms with E-state index >= 15 is 0 Å². The fourth-order valence-electron chi connectivity index (χ4n) is 3.29. The molecule has 110 valence electrons. The average molecular weight is 298 g/mol. The average Bonchev–Trinajstić information content (AvgIpc) is 2.82. The molecule has 20 heavy (non-hydrogen) atoms. The van der Waals surface area contributed by atoms with Crippen LogP contribution in [0.3, 0.4) is 0 Å². The number of H-pyrrole nitrogens is 1. The number of nitrogens with one attached hydrogen (secondary N) is 2. The van der Waals surface area contributed by atoms with E-state index in [1.807, 2.05) is 0 Å². The number of hydrogen-bond acceptors (Lipinski definition) is 4. The van der Waals surface area contributed by atoms with Gasteiger partial charge in [0.15, 0.2) is 0 Å². The second kappa shape index (κ2) is 5.27. The van der Waals surface area contributed by atoms with Gasteiger partial charge in [-0.25, -0.2) is 0 Å². The predicted octanol–water partition coefficient (Wildman–Crippen LogP) is 0.611. The Morgan fingerprint density at radius 1 is 1.50 bits per heavy atom. The maximum Gasteiger partial charge on any atom is 0.250 e. The number of fused-ring (bicyclic) bond motifs is 1. The van der Waals surface area contributed by atoms with E-state index in [1.54, 1.807) is 6.20 Å². The van der Waals surface area contributed by atoms with Crippen molar-refractivity contribution >= 4 is 23.3 Å². The van der Waals surface area contributed by atoms with E-state index in [4.69, 9.17) is 23.1 Å². The number of anilines is 1. The van der Waals surface area contributed by atoms with Crippen molar-refractivity contribution in [1.29, 1.82) is 0 Å². The van der Waals surface area contributed by atoms with Gasteiger partial charge in [-0.1, -0.05) is 0 Å². The topological polar surface area (TPSA) is 100 Å². The molecular formula is C13H20ClN5O. The Labute approximate surface area is 122 Å². The van der Waals surface area contributed by atoms with Gasteiger partial charge in [0.05, 0.1) is 17.0 Å². The summed E-state index contributed by atoms with van der Waals surface area (Å²) in [5, 5.41) is 3.11. The van der Waals surface area contributed by atoms with Gasteiger partial charge in [-0.15, -0.1) is 11.6 Å². The quantitative estimate of drug-likeness (QED) is 0.601. The van der Waals surface area contributed by atoms with Crippen LogP contribution in [0.15, 0.2) is 6.20 Å². The van der Waals surface area contributed by atoms with Gasteiger partial charge in [0.25, 0.3) is 5.91 Å². The number of carbonyl (C=O) groups is 1. The van der Waals surface area contributed by atoms with Crippen molar-refractivity contribution in [2.75, 3.05) is 25.0 Å². The minimum atomic E-state index is -0.429. The largest absolute Gasteiger partial charge is 0.370 e. The highest BCUT2D eigenvalue weighted by Crippen LogP contribution is 2.39. The van der Waals surface area contributed by atoms with Crippen molar-refractivity contribution in [2.45, 2.75) is 30.3 Å². The number of amides is 1. The highest BCUT2D eigenvalue weighted by atomic mass is 35.5. The molecule has 1 aromatic heterocycles. The van der Waals surface area contributed by atoms with Gasteiger partial charge in [-0.05, 0) is 19.4 Å². The first-order chi connectivity index (χ1) is 9.58. The molecule has 0 bridgehead atoms. The second-order valence-electron chi connectivity index (χ2n) is 5.59. The fourth-order valence-corrected chi connectivity index (χ4v) is 3.65. The van der Waals surface area contributed by atoms with E-state index in [1.165, 1.54) is 0 Å². The van der Waals surface area contributed by atoms with E-state index in [-0.39, 0.29) is 17.5 Å². The van der Waals surface area contributed by atoms with Crippen LogP contribution in [0.1, 0.15) is 34.8 Å². The summed E-state index contributed by atoms with van der Waals surface area (Å²) in [6.07, 6.45) is 3.75. The Morgan fingerprint density at radius 3 is 3.00 bits per heavy atom. The number of aromatic nitrogens is 1. The molecule has 0 saturated carbocycles. The number of likely N-dealkylation sites (tertiary alicyclic amines) is 1. The molecule has 2 aliphatic heterocycles. The van der Waals surface area contributed by atoms with Crippen LogP contribution in [-0.2, 0) is 0 Å². The van der Waals surface area contributed by atoms with Crippen LogP contribution in [-0.4, -0.2) is 46.8 Å². The van der Waals surface area contributed by atoms with E-state index in [0.717, 1.165) is 37.3 Å².